The Morgan fingerprint density at radius 1 is 1.24 bits per heavy atom. The third-order valence-electron chi connectivity index (χ3n) is 2.91. The minimum absolute atomic E-state index is 0.0908. The van der Waals surface area contributed by atoms with Crippen LogP contribution < -0.4 is 0 Å². The summed E-state index contributed by atoms with van der Waals surface area (Å²) in [7, 11) is 1.93. The van der Waals surface area contributed by atoms with Gasteiger partial charge >= 0.3 is 0 Å². The van der Waals surface area contributed by atoms with E-state index in [-0.39, 0.29) is 17.6 Å². The maximum atomic E-state index is 9.27. The molecule has 5 heteroatoms. The van der Waals surface area contributed by atoms with Crippen LogP contribution in [-0.2, 0) is 12.0 Å². The van der Waals surface area contributed by atoms with Crippen molar-refractivity contribution >= 4 is 0 Å². The molecule has 0 atom stereocenters. The summed E-state index contributed by atoms with van der Waals surface area (Å²) in [5, 5.41) is 13.2. The summed E-state index contributed by atoms with van der Waals surface area (Å²) < 4.78 is 5.23. The average molecular weight is 241 g/mol. The van der Waals surface area contributed by atoms with Gasteiger partial charge in [0.2, 0.25) is 5.89 Å². The van der Waals surface area contributed by atoms with E-state index in [4.69, 9.17) is 4.52 Å². The number of hydrogen-bond acceptors (Lipinski definition) is 5. The van der Waals surface area contributed by atoms with E-state index < -0.39 is 0 Å². The maximum absolute atomic E-state index is 9.27. The van der Waals surface area contributed by atoms with Crippen LogP contribution in [0.3, 0.4) is 0 Å². The number of likely N-dealkylation sites (N-methyl/N-ethyl adjacent to an activating group) is 1. The normalized spacial score (nSPS) is 13.4. The van der Waals surface area contributed by atoms with Gasteiger partial charge in [-0.2, -0.15) is 4.98 Å². The van der Waals surface area contributed by atoms with Crippen LogP contribution in [0.5, 0.6) is 0 Å². The molecule has 1 rings (SSSR count). The topological polar surface area (TPSA) is 62.4 Å². The third kappa shape index (κ3) is 3.51. The van der Waals surface area contributed by atoms with Gasteiger partial charge in [0, 0.05) is 11.0 Å². The van der Waals surface area contributed by atoms with Crippen molar-refractivity contribution in [2.24, 2.45) is 0 Å². The zero-order valence-electron chi connectivity index (χ0n) is 11.6. The summed E-state index contributed by atoms with van der Waals surface area (Å²) in [6, 6.07) is 0. The van der Waals surface area contributed by atoms with Crippen molar-refractivity contribution in [2.75, 3.05) is 13.7 Å². The molecule has 0 saturated carbocycles. The van der Waals surface area contributed by atoms with Gasteiger partial charge in [0.15, 0.2) is 5.82 Å². The first-order chi connectivity index (χ1) is 7.66. The largest absolute Gasteiger partial charge is 0.394 e. The smallest absolute Gasteiger partial charge is 0.232 e. The van der Waals surface area contributed by atoms with Crippen LogP contribution in [0.25, 0.3) is 0 Å². The predicted octanol–water partition coefficient (Wildman–Crippen LogP) is 1.57. The Labute approximate surface area is 103 Å². The first kappa shape index (κ1) is 14.1. The van der Waals surface area contributed by atoms with E-state index in [2.05, 4.69) is 10.1 Å². The summed E-state index contributed by atoms with van der Waals surface area (Å²) in [5.41, 5.74) is -0.418. The lowest BCUT2D eigenvalue weighted by molar-refractivity contribution is 0.0708. The Hall–Kier alpha value is -0.940. The first-order valence-corrected chi connectivity index (χ1v) is 5.82. The van der Waals surface area contributed by atoms with Gasteiger partial charge < -0.3 is 9.63 Å². The zero-order chi connectivity index (χ0) is 13.3. The fraction of sp³-hybridized carbons (Fsp3) is 0.833. The highest BCUT2D eigenvalue weighted by molar-refractivity contribution is 4.98. The fourth-order valence-corrected chi connectivity index (χ4v) is 1.17. The SMILES string of the molecule is CN(Cc1noc(C(C)(C)C)n1)C(C)(C)CO. The lowest BCUT2D eigenvalue weighted by atomic mass is 9.97. The van der Waals surface area contributed by atoms with Crippen LogP contribution in [0.4, 0.5) is 0 Å². The van der Waals surface area contributed by atoms with E-state index >= 15 is 0 Å². The molecule has 0 aliphatic heterocycles. The molecule has 1 heterocycles. The van der Waals surface area contributed by atoms with Gasteiger partial charge in [0.25, 0.3) is 0 Å². The van der Waals surface area contributed by atoms with Gasteiger partial charge in [-0.1, -0.05) is 25.9 Å². The van der Waals surface area contributed by atoms with Crippen molar-refractivity contribution in [1.29, 1.82) is 0 Å². The molecule has 0 unspecified atom stereocenters. The molecule has 17 heavy (non-hydrogen) atoms. The number of aromatic nitrogens is 2. The van der Waals surface area contributed by atoms with E-state index in [0.29, 0.717) is 18.3 Å². The van der Waals surface area contributed by atoms with Crippen molar-refractivity contribution in [3.63, 3.8) is 0 Å². The molecule has 1 N–H and O–H groups in total. The Morgan fingerprint density at radius 3 is 2.24 bits per heavy atom. The quantitative estimate of drug-likeness (QED) is 0.867. The Bertz CT molecular complexity index is 366. The molecule has 0 fully saturated rings. The summed E-state index contributed by atoms with van der Waals surface area (Å²) in [5.74, 6) is 1.29. The van der Waals surface area contributed by atoms with E-state index in [1.165, 1.54) is 0 Å². The molecule has 1 aromatic heterocycles. The van der Waals surface area contributed by atoms with Crippen LogP contribution in [0, 0.1) is 0 Å². The number of nitrogens with zero attached hydrogens (tertiary/aromatic N) is 3. The van der Waals surface area contributed by atoms with E-state index in [0.717, 1.165) is 0 Å². The second kappa shape index (κ2) is 4.74. The lowest BCUT2D eigenvalue weighted by Gasteiger charge is -2.32. The Balaban J connectivity index is 2.74. The number of hydrogen-bond donors (Lipinski definition) is 1. The molecule has 0 aromatic carbocycles. The van der Waals surface area contributed by atoms with Crippen molar-refractivity contribution in [1.82, 2.24) is 15.0 Å². The summed E-state index contributed by atoms with van der Waals surface area (Å²) in [4.78, 5) is 6.37. The van der Waals surface area contributed by atoms with Gasteiger partial charge in [0.1, 0.15) is 0 Å². The predicted molar refractivity (Wildman–Crippen MR) is 65.6 cm³/mol. The highest BCUT2D eigenvalue weighted by Gasteiger charge is 2.26. The number of rotatable bonds is 4. The third-order valence-corrected chi connectivity index (χ3v) is 2.91. The second-order valence-corrected chi connectivity index (χ2v) is 6.09. The average Bonchev–Trinajstić information content (AvgIpc) is 2.65. The van der Waals surface area contributed by atoms with Crippen LogP contribution in [0.1, 0.15) is 46.3 Å². The van der Waals surface area contributed by atoms with Gasteiger partial charge in [-0.15, -0.1) is 0 Å². The highest BCUT2D eigenvalue weighted by atomic mass is 16.5. The van der Waals surface area contributed by atoms with E-state index in [9.17, 15) is 5.11 Å². The Morgan fingerprint density at radius 2 is 1.82 bits per heavy atom. The summed E-state index contributed by atoms with van der Waals surface area (Å²) in [6.45, 7) is 10.7. The van der Waals surface area contributed by atoms with Crippen molar-refractivity contribution in [3.8, 4) is 0 Å². The minimum Gasteiger partial charge on any atom is -0.394 e. The standard InChI is InChI=1S/C12H23N3O2/c1-11(2,3)10-13-9(14-17-10)7-15(6)12(4,5)8-16/h16H,7-8H2,1-6H3. The molecule has 0 bridgehead atoms. The summed E-state index contributed by atoms with van der Waals surface area (Å²) >= 11 is 0. The monoisotopic (exact) mass is 241 g/mol. The molecule has 0 radical (unpaired) electrons. The van der Waals surface area contributed by atoms with Crippen LogP contribution in [0.2, 0.25) is 0 Å². The van der Waals surface area contributed by atoms with Crippen molar-refractivity contribution < 1.29 is 9.63 Å². The molecule has 0 saturated heterocycles. The van der Waals surface area contributed by atoms with Crippen LogP contribution in [0.15, 0.2) is 4.52 Å². The minimum atomic E-state index is -0.289. The maximum Gasteiger partial charge on any atom is 0.232 e. The molecule has 98 valence electrons. The lowest BCUT2D eigenvalue weighted by Crippen LogP contribution is -2.43. The molecule has 1 aromatic rings. The van der Waals surface area contributed by atoms with Gasteiger partial charge in [-0.05, 0) is 20.9 Å². The van der Waals surface area contributed by atoms with E-state index in [1.807, 2.05) is 46.6 Å². The first-order valence-electron chi connectivity index (χ1n) is 5.82. The van der Waals surface area contributed by atoms with Crippen LogP contribution in [-0.4, -0.2) is 39.3 Å². The van der Waals surface area contributed by atoms with Crippen LogP contribution >= 0.6 is 0 Å². The molecule has 5 nitrogen and oxygen atoms in total. The zero-order valence-corrected chi connectivity index (χ0v) is 11.6. The van der Waals surface area contributed by atoms with Gasteiger partial charge in [-0.3, -0.25) is 4.90 Å². The molecular weight excluding hydrogens is 218 g/mol. The summed E-state index contributed by atoms with van der Waals surface area (Å²) in [6.07, 6.45) is 0. The molecule has 0 aliphatic carbocycles. The number of aliphatic hydroxyl groups is 1. The molecular formula is C12H23N3O2. The van der Waals surface area contributed by atoms with Crippen molar-refractivity contribution in [2.45, 2.75) is 52.1 Å². The molecule has 0 amide bonds. The number of aliphatic hydroxyl groups excluding tert-OH is 1. The highest BCUT2D eigenvalue weighted by Crippen LogP contribution is 2.21. The molecule has 0 spiro atoms. The van der Waals surface area contributed by atoms with Crippen molar-refractivity contribution in [3.05, 3.63) is 11.7 Å². The Kier molecular flexibility index (Phi) is 3.94. The molecule has 0 aliphatic rings. The van der Waals surface area contributed by atoms with Gasteiger partial charge in [0.05, 0.1) is 13.2 Å². The fourth-order valence-electron chi connectivity index (χ4n) is 1.17. The second-order valence-electron chi connectivity index (χ2n) is 6.09. The van der Waals surface area contributed by atoms with E-state index in [1.54, 1.807) is 0 Å². The van der Waals surface area contributed by atoms with Gasteiger partial charge in [-0.25, -0.2) is 0 Å².